The Labute approximate surface area is 200 Å². The van der Waals surface area contributed by atoms with Gasteiger partial charge in [0.05, 0.1) is 12.2 Å². The number of rotatable bonds is 5. The molecule has 188 valence electrons. The molecule has 0 bridgehead atoms. The summed E-state index contributed by atoms with van der Waals surface area (Å²) >= 11 is 0. The van der Waals surface area contributed by atoms with Gasteiger partial charge in [0.25, 0.3) is 0 Å². The van der Waals surface area contributed by atoms with Gasteiger partial charge in [0.1, 0.15) is 0 Å². The van der Waals surface area contributed by atoms with Crippen molar-refractivity contribution in [2.75, 3.05) is 0 Å². The maximum absolute atomic E-state index is 13.0. The van der Waals surface area contributed by atoms with Crippen LogP contribution in [0.4, 0.5) is 13.2 Å². The average molecular weight is 479 g/mol. The van der Waals surface area contributed by atoms with Gasteiger partial charge in [-0.15, -0.1) is 0 Å². The van der Waals surface area contributed by atoms with E-state index in [1.807, 2.05) is 6.08 Å². The maximum atomic E-state index is 13.0. The monoisotopic (exact) mass is 478 g/mol. The van der Waals surface area contributed by atoms with E-state index in [4.69, 9.17) is 0 Å². The van der Waals surface area contributed by atoms with E-state index in [-0.39, 0.29) is 10.8 Å². The fraction of sp³-hybridized carbons (Fsp3) is 0.643. The van der Waals surface area contributed by atoms with Crippen LogP contribution in [-0.4, -0.2) is 39.3 Å². The van der Waals surface area contributed by atoms with Crippen LogP contribution < -0.4 is 0 Å². The number of aliphatic hydroxyl groups is 3. The third kappa shape index (κ3) is 4.61. The summed E-state index contributed by atoms with van der Waals surface area (Å²) in [6.45, 7) is 7.10. The van der Waals surface area contributed by atoms with Crippen LogP contribution in [0.25, 0.3) is 0 Å². The van der Waals surface area contributed by atoms with Crippen LogP contribution in [0.15, 0.2) is 59.3 Å². The van der Waals surface area contributed by atoms with Crippen LogP contribution in [0.3, 0.4) is 0 Å². The fourth-order valence-corrected chi connectivity index (χ4v) is 6.45. The highest BCUT2D eigenvalue weighted by atomic mass is 19.4. The van der Waals surface area contributed by atoms with Crippen LogP contribution >= 0.6 is 0 Å². The van der Waals surface area contributed by atoms with Crippen LogP contribution in [0.2, 0.25) is 0 Å². The van der Waals surface area contributed by atoms with E-state index in [0.717, 1.165) is 57.1 Å². The van der Waals surface area contributed by atoms with Gasteiger partial charge in [-0.1, -0.05) is 49.0 Å². The van der Waals surface area contributed by atoms with E-state index >= 15 is 0 Å². The Morgan fingerprint density at radius 2 is 1.88 bits per heavy atom. The molecule has 0 aromatic heterocycles. The highest BCUT2D eigenvalue weighted by Gasteiger charge is 2.56. The van der Waals surface area contributed by atoms with Gasteiger partial charge in [-0.05, 0) is 92.3 Å². The SMILES string of the molecule is C=C1/C(=C\C=C2/CCC[C@]3(C)C(C4(C/C=C/C(C)(O)C(F)(F)F)CC4)=CCC23)CC(O)C[C@@H]1O. The molecule has 3 nitrogen and oxygen atoms in total. The Balaban J connectivity index is 1.51. The quantitative estimate of drug-likeness (QED) is 0.419. The highest BCUT2D eigenvalue weighted by molar-refractivity contribution is 5.42. The summed E-state index contributed by atoms with van der Waals surface area (Å²) in [6, 6.07) is 0. The summed E-state index contributed by atoms with van der Waals surface area (Å²) in [6.07, 6.45) is 10.3. The predicted molar refractivity (Wildman–Crippen MR) is 127 cm³/mol. The predicted octanol–water partition coefficient (Wildman–Crippen LogP) is 6.09. The van der Waals surface area contributed by atoms with Gasteiger partial charge in [-0.3, -0.25) is 0 Å². The minimum absolute atomic E-state index is 0.0118. The van der Waals surface area contributed by atoms with Gasteiger partial charge >= 0.3 is 6.18 Å². The lowest BCUT2D eigenvalue weighted by Gasteiger charge is -2.43. The molecule has 0 saturated heterocycles. The van der Waals surface area contributed by atoms with E-state index in [9.17, 15) is 28.5 Å². The average Bonchev–Trinajstić information content (AvgIpc) is 3.41. The second-order valence-electron chi connectivity index (χ2n) is 11.3. The third-order valence-electron chi connectivity index (χ3n) is 8.77. The molecule has 3 fully saturated rings. The highest BCUT2D eigenvalue weighted by Crippen LogP contribution is 2.67. The van der Waals surface area contributed by atoms with Gasteiger partial charge in [0, 0.05) is 6.42 Å². The Morgan fingerprint density at radius 3 is 2.53 bits per heavy atom. The molecular formula is C28H37F3O3. The first-order valence-corrected chi connectivity index (χ1v) is 12.4. The van der Waals surface area contributed by atoms with Crippen molar-refractivity contribution < 1.29 is 28.5 Å². The first-order valence-electron chi connectivity index (χ1n) is 12.4. The maximum Gasteiger partial charge on any atom is 0.420 e. The normalized spacial score (nSPS) is 37.7. The molecule has 0 heterocycles. The van der Waals surface area contributed by atoms with Gasteiger partial charge in [0.15, 0.2) is 5.60 Å². The minimum Gasteiger partial charge on any atom is -0.393 e. The number of hydrogen-bond donors (Lipinski definition) is 3. The first-order chi connectivity index (χ1) is 15.8. The van der Waals surface area contributed by atoms with Gasteiger partial charge in [0.2, 0.25) is 0 Å². The lowest BCUT2D eigenvalue weighted by molar-refractivity contribution is -0.232. The number of alkyl halides is 3. The van der Waals surface area contributed by atoms with Crippen molar-refractivity contribution in [1.29, 1.82) is 0 Å². The fourth-order valence-electron chi connectivity index (χ4n) is 6.45. The summed E-state index contributed by atoms with van der Waals surface area (Å²) in [5, 5.41) is 29.9. The second-order valence-corrected chi connectivity index (χ2v) is 11.3. The van der Waals surface area contributed by atoms with Gasteiger partial charge in [-0.2, -0.15) is 13.2 Å². The molecule has 0 radical (unpaired) electrons. The summed E-state index contributed by atoms with van der Waals surface area (Å²) in [4.78, 5) is 0. The van der Waals surface area contributed by atoms with Crippen molar-refractivity contribution in [2.24, 2.45) is 16.7 Å². The van der Waals surface area contributed by atoms with Crippen molar-refractivity contribution in [3.8, 4) is 0 Å². The van der Waals surface area contributed by atoms with E-state index < -0.39 is 24.0 Å². The molecule has 0 amide bonds. The molecule has 4 rings (SSSR count). The number of fused-ring (bicyclic) bond motifs is 1. The lowest BCUT2D eigenvalue weighted by atomic mass is 9.61. The zero-order valence-electron chi connectivity index (χ0n) is 20.2. The van der Waals surface area contributed by atoms with Crippen molar-refractivity contribution >= 4 is 0 Å². The molecule has 6 heteroatoms. The zero-order chi connectivity index (χ0) is 24.9. The number of allylic oxidation sites excluding steroid dienone is 6. The van der Waals surface area contributed by atoms with Gasteiger partial charge < -0.3 is 15.3 Å². The molecule has 3 N–H and O–H groups in total. The molecule has 5 atom stereocenters. The molecule has 0 spiro atoms. The number of aliphatic hydroxyl groups excluding tert-OH is 2. The van der Waals surface area contributed by atoms with E-state index in [1.54, 1.807) is 0 Å². The lowest BCUT2D eigenvalue weighted by Crippen LogP contribution is -2.40. The third-order valence-corrected chi connectivity index (χ3v) is 8.77. The number of halogens is 3. The zero-order valence-corrected chi connectivity index (χ0v) is 20.2. The smallest absolute Gasteiger partial charge is 0.393 e. The van der Waals surface area contributed by atoms with Gasteiger partial charge in [-0.25, -0.2) is 0 Å². The molecule has 4 aliphatic rings. The minimum atomic E-state index is -4.68. The molecular weight excluding hydrogens is 441 g/mol. The Morgan fingerprint density at radius 1 is 1.18 bits per heavy atom. The van der Waals surface area contributed by atoms with Crippen molar-refractivity contribution in [3.05, 3.63) is 59.3 Å². The Bertz CT molecular complexity index is 948. The summed E-state index contributed by atoms with van der Waals surface area (Å²) < 4.78 is 39.0. The largest absolute Gasteiger partial charge is 0.420 e. The first kappa shape index (κ1) is 25.5. The van der Waals surface area contributed by atoms with Crippen LogP contribution in [0.5, 0.6) is 0 Å². The molecule has 0 aromatic rings. The van der Waals surface area contributed by atoms with Crippen LogP contribution in [-0.2, 0) is 0 Å². The van der Waals surface area contributed by atoms with Crippen molar-refractivity contribution in [2.45, 2.75) is 95.6 Å². The standard InChI is InChI=1S/C28H37F3O3/c1-18-20(16-21(32)17-23(18)33)8-7-19-6-4-11-25(2)22(19)9-10-24(25)27(14-15-27)13-5-12-26(3,34)28(29,30)31/h5,7-8,10,12,21-23,32-34H,1,4,6,9,11,13-17H2,2-3H3/b12-5+,19-7+,20-8-/t21?,22?,23-,25-,26?/m0/s1. The topological polar surface area (TPSA) is 60.7 Å². The summed E-state index contributed by atoms with van der Waals surface area (Å²) in [7, 11) is 0. The molecule has 0 aromatic carbocycles. The Hall–Kier alpha value is -1.63. The summed E-state index contributed by atoms with van der Waals surface area (Å²) in [5.41, 5.74) is 1.42. The molecule has 3 unspecified atom stereocenters. The molecule has 3 saturated carbocycles. The van der Waals surface area contributed by atoms with Crippen LogP contribution in [0, 0.1) is 16.7 Å². The summed E-state index contributed by atoms with van der Waals surface area (Å²) in [5.74, 6) is 0.361. The van der Waals surface area contributed by atoms with E-state index in [0.29, 0.717) is 30.8 Å². The van der Waals surface area contributed by atoms with E-state index in [2.05, 4.69) is 25.7 Å². The van der Waals surface area contributed by atoms with Crippen molar-refractivity contribution in [1.82, 2.24) is 0 Å². The Kier molecular flexibility index (Phi) is 6.58. The van der Waals surface area contributed by atoms with Crippen molar-refractivity contribution in [3.63, 3.8) is 0 Å². The van der Waals surface area contributed by atoms with E-state index in [1.165, 1.54) is 17.2 Å². The number of hydrogen-bond acceptors (Lipinski definition) is 3. The molecule has 0 aliphatic heterocycles. The molecule has 34 heavy (non-hydrogen) atoms. The van der Waals surface area contributed by atoms with Crippen LogP contribution in [0.1, 0.15) is 71.6 Å². The second kappa shape index (κ2) is 8.79. The molecule has 4 aliphatic carbocycles.